The van der Waals surface area contributed by atoms with Gasteiger partial charge >= 0.3 is 0 Å². The Hall–Kier alpha value is -1.05. The predicted octanol–water partition coefficient (Wildman–Crippen LogP) is 4.19. The average molecular weight is 394 g/mol. The van der Waals surface area contributed by atoms with Crippen molar-refractivity contribution in [3.63, 3.8) is 0 Å². The number of halogens is 2. The molecule has 5 nitrogen and oxygen atoms in total. The largest absolute Gasteiger partial charge is 0.338 e. The zero-order valence-corrected chi connectivity index (χ0v) is 14.8. The van der Waals surface area contributed by atoms with Crippen LogP contribution in [0.2, 0.25) is 5.02 Å². The Morgan fingerprint density at radius 1 is 1.29 bits per heavy atom. The van der Waals surface area contributed by atoms with Crippen LogP contribution in [0.4, 0.5) is 5.88 Å². The molecule has 1 heterocycles. The Labute approximate surface area is 136 Å². The molecule has 2 rings (SSSR count). The smallest absolute Gasteiger partial charge is 0.265 e. The van der Waals surface area contributed by atoms with Gasteiger partial charge in [-0.15, -0.1) is 0 Å². The molecule has 0 aliphatic heterocycles. The van der Waals surface area contributed by atoms with Gasteiger partial charge in [-0.25, -0.2) is 13.1 Å². The molecule has 1 aromatic carbocycles. The van der Waals surface area contributed by atoms with Crippen LogP contribution < -0.4 is 4.72 Å². The van der Waals surface area contributed by atoms with Crippen molar-refractivity contribution in [1.29, 1.82) is 0 Å². The van der Waals surface area contributed by atoms with E-state index in [1.807, 2.05) is 20.8 Å². The summed E-state index contributed by atoms with van der Waals surface area (Å²) in [4.78, 5) is -0.0268. The zero-order chi connectivity index (χ0) is 15.8. The van der Waals surface area contributed by atoms with Crippen molar-refractivity contribution in [2.24, 2.45) is 0 Å². The first kappa shape index (κ1) is 16.3. The normalized spacial score (nSPS) is 12.4. The van der Waals surface area contributed by atoms with Gasteiger partial charge < -0.3 is 4.52 Å². The molecular formula is C13H14BrClN2O3S. The molecule has 1 aromatic heterocycles. The van der Waals surface area contributed by atoms with Gasteiger partial charge in [0.15, 0.2) is 0 Å². The second-order valence-corrected chi connectivity index (χ2v) is 8.48. The lowest BCUT2D eigenvalue weighted by Crippen LogP contribution is -2.13. The molecule has 0 saturated carbocycles. The zero-order valence-electron chi connectivity index (χ0n) is 11.6. The molecule has 0 saturated heterocycles. The number of nitrogens with one attached hydrogen (secondary N) is 1. The second kappa shape index (κ2) is 5.62. The maximum atomic E-state index is 12.3. The minimum Gasteiger partial charge on any atom is -0.338 e. The molecule has 0 amide bonds. The third-order valence-corrected chi connectivity index (χ3v) is 5.02. The Balaban J connectivity index is 2.31. The molecule has 2 aromatic rings. The van der Waals surface area contributed by atoms with E-state index in [2.05, 4.69) is 25.8 Å². The monoisotopic (exact) mass is 392 g/mol. The van der Waals surface area contributed by atoms with E-state index >= 15 is 0 Å². The van der Waals surface area contributed by atoms with Gasteiger partial charge in [-0.05, 0) is 18.2 Å². The number of rotatable bonds is 3. The standard InChI is InChI=1S/C13H14BrClN2O3S/c1-13(2,3)11-7-12(20-16-11)17-21(18,19)10-5-4-8(14)6-9(10)15/h4-7,17H,1-3H3. The fraction of sp³-hybridized carbons (Fsp3) is 0.308. The highest BCUT2D eigenvalue weighted by molar-refractivity contribution is 9.10. The second-order valence-electron chi connectivity index (χ2n) is 5.51. The molecule has 114 valence electrons. The third-order valence-electron chi connectivity index (χ3n) is 2.70. The van der Waals surface area contributed by atoms with E-state index in [1.165, 1.54) is 12.1 Å². The lowest BCUT2D eigenvalue weighted by Gasteiger charge is -2.12. The summed E-state index contributed by atoms with van der Waals surface area (Å²) in [5.41, 5.74) is 0.421. The van der Waals surface area contributed by atoms with Crippen molar-refractivity contribution in [3.05, 3.63) is 39.5 Å². The summed E-state index contributed by atoms with van der Waals surface area (Å²) in [6.07, 6.45) is 0. The summed E-state index contributed by atoms with van der Waals surface area (Å²) in [6, 6.07) is 6.08. The van der Waals surface area contributed by atoms with E-state index in [0.29, 0.717) is 10.2 Å². The summed E-state index contributed by atoms with van der Waals surface area (Å²) in [5, 5.41) is 3.98. The van der Waals surface area contributed by atoms with Crippen LogP contribution in [-0.2, 0) is 15.4 Å². The number of nitrogens with zero attached hydrogens (tertiary/aromatic N) is 1. The first-order valence-electron chi connectivity index (χ1n) is 6.05. The van der Waals surface area contributed by atoms with Crippen LogP contribution in [0.15, 0.2) is 38.2 Å². The van der Waals surface area contributed by atoms with Crippen molar-refractivity contribution in [1.82, 2.24) is 5.16 Å². The highest BCUT2D eigenvalue weighted by Crippen LogP contribution is 2.28. The van der Waals surface area contributed by atoms with Crippen molar-refractivity contribution in [2.45, 2.75) is 31.1 Å². The van der Waals surface area contributed by atoms with Crippen molar-refractivity contribution < 1.29 is 12.9 Å². The number of aromatic nitrogens is 1. The molecule has 0 spiro atoms. The molecule has 21 heavy (non-hydrogen) atoms. The molecular weight excluding hydrogens is 380 g/mol. The van der Waals surface area contributed by atoms with E-state index < -0.39 is 10.0 Å². The summed E-state index contributed by atoms with van der Waals surface area (Å²) in [6.45, 7) is 5.86. The van der Waals surface area contributed by atoms with Gasteiger partial charge in [0, 0.05) is 16.0 Å². The van der Waals surface area contributed by atoms with E-state index in [4.69, 9.17) is 16.1 Å². The molecule has 0 aliphatic rings. The molecule has 0 atom stereocenters. The Bertz CT molecular complexity index is 766. The van der Waals surface area contributed by atoms with E-state index in [0.717, 1.165) is 0 Å². The molecule has 8 heteroatoms. The maximum absolute atomic E-state index is 12.3. The number of hydrogen-bond acceptors (Lipinski definition) is 4. The SMILES string of the molecule is CC(C)(C)c1cc(NS(=O)(=O)c2ccc(Br)cc2Cl)on1. The summed E-state index contributed by atoms with van der Waals surface area (Å²) < 4.78 is 32.6. The van der Waals surface area contributed by atoms with Gasteiger partial charge in [-0.3, -0.25) is 0 Å². The van der Waals surface area contributed by atoms with Crippen molar-refractivity contribution >= 4 is 43.4 Å². The minimum absolute atomic E-state index is 0.0268. The highest BCUT2D eigenvalue weighted by Gasteiger charge is 2.23. The average Bonchev–Trinajstić information content (AvgIpc) is 2.75. The lowest BCUT2D eigenvalue weighted by molar-refractivity contribution is 0.405. The molecule has 0 aliphatic carbocycles. The predicted molar refractivity (Wildman–Crippen MR) is 85.2 cm³/mol. The number of hydrogen-bond donors (Lipinski definition) is 1. The first-order valence-corrected chi connectivity index (χ1v) is 8.70. The van der Waals surface area contributed by atoms with Crippen LogP contribution in [0.1, 0.15) is 26.5 Å². The van der Waals surface area contributed by atoms with E-state index in [9.17, 15) is 8.42 Å². The first-order chi connectivity index (χ1) is 9.59. The fourth-order valence-corrected chi connectivity index (χ4v) is 3.57. The summed E-state index contributed by atoms with van der Waals surface area (Å²) in [5.74, 6) is 0.0545. The van der Waals surface area contributed by atoms with Gasteiger partial charge in [-0.2, -0.15) is 0 Å². The summed E-state index contributed by atoms with van der Waals surface area (Å²) >= 11 is 9.19. The maximum Gasteiger partial charge on any atom is 0.265 e. The van der Waals surface area contributed by atoms with Crippen LogP contribution in [0.3, 0.4) is 0 Å². The van der Waals surface area contributed by atoms with Gasteiger partial charge in [-0.1, -0.05) is 53.5 Å². The van der Waals surface area contributed by atoms with Gasteiger partial charge in [0.25, 0.3) is 10.0 Å². The highest BCUT2D eigenvalue weighted by atomic mass is 79.9. The van der Waals surface area contributed by atoms with Crippen LogP contribution in [0, 0.1) is 0 Å². The Morgan fingerprint density at radius 2 is 1.95 bits per heavy atom. The number of sulfonamides is 1. The van der Waals surface area contributed by atoms with Gasteiger partial charge in [0.05, 0.1) is 10.7 Å². The van der Waals surface area contributed by atoms with E-state index in [-0.39, 0.29) is 21.2 Å². The fourth-order valence-electron chi connectivity index (χ4n) is 1.56. The van der Waals surface area contributed by atoms with Crippen molar-refractivity contribution in [3.8, 4) is 0 Å². The van der Waals surface area contributed by atoms with E-state index in [1.54, 1.807) is 12.1 Å². The molecule has 1 N–H and O–H groups in total. The Morgan fingerprint density at radius 3 is 2.48 bits per heavy atom. The van der Waals surface area contributed by atoms with Gasteiger partial charge in [0.1, 0.15) is 4.90 Å². The van der Waals surface area contributed by atoms with Crippen LogP contribution in [0.5, 0.6) is 0 Å². The van der Waals surface area contributed by atoms with Crippen LogP contribution in [-0.4, -0.2) is 13.6 Å². The van der Waals surface area contributed by atoms with Gasteiger partial charge in [0.2, 0.25) is 5.88 Å². The molecule has 0 bridgehead atoms. The molecule has 0 unspecified atom stereocenters. The quantitative estimate of drug-likeness (QED) is 0.848. The van der Waals surface area contributed by atoms with Crippen LogP contribution in [0.25, 0.3) is 0 Å². The van der Waals surface area contributed by atoms with Crippen molar-refractivity contribution in [2.75, 3.05) is 4.72 Å². The lowest BCUT2D eigenvalue weighted by atomic mass is 9.92. The Kier molecular flexibility index (Phi) is 4.37. The molecule has 0 fully saturated rings. The minimum atomic E-state index is -3.83. The molecule has 0 radical (unpaired) electrons. The number of benzene rings is 1. The topological polar surface area (TPSA) is 72.2 Å². The summed E-state index contributed by atoms with van der Waals surface area (Å²) in [7, 11) is -3.83. The third kappa shape index (κ3) is 3.78. The van der Waals surface area contributed by atoms with Crippen LogP contribution >= 0.6 is 27.5 Å². The number of anilines is 1.